The molecule has 2 aromatic carbocycles. The van der Waals surface area contributed by atoms with E-state index >= 15 is 0 Å². The van der Waals surface area contributed by atoms with Crippen molar-refractivity contribution in [3.63, 3.8) is 0 Å². The molecule has 0 aliphatic heterocycles. The van der Waals surface area contributed by atoms with Crippen molar-refractivity contribution in [3.8, 4) is 0 Å². The van der Waals surface area contributed by atoms with Crippen LogP contribution in [-0.4, -0.2) is 16.6 Å². The van der Waals surface area contributed by atoms with Crippen molar-refractivity contribution in [3.05, 3.63) is 77.5 Å². The maximum absolute atomic E-state index is 10.3. The van der Waals surface area contributed by atoms with Crippen LogP contribution in [0.2, 0.25) is 0 Å². The van der Waals surface area contributed by atoms with Gasteiger partial charge in [0.2, 0.25) is 0 Å². The zero-order valence-electron chi connectivity index (χ0n) is 17.9. The number of aromatic amines is 1. The highest BCUT2D eigenvalue weighted by molar-refractivity contribution is 5.86. The van der Waals surface area contributed by atoms with Crippen LogP contribution in [0.1, 0.15) is 49.4 Å². The molecule has 0 saturated heterocycles. The molecule has 150 valence electrons. The highest BCUT2D eigenvalue weighted by Gasteiger charge is 2.20. The summed E-state index contributed by atoms with van der Waals surface area (Å²) >= 11 is 0. The van der Waals surface area contributed by atoms with E-state index in [0.29, 0.717) is 0 Å². The largest absolute Gasteiger partial charge is 0.386 e. The van der Waals surface area contributed by atoms with E-state index in [2.05, 4.69) is 68.1 Å². The maximum Gasteiger partial charge on any atom is 0.0860 e. The molecule has 0 spiro atoms. The number of rotatable bonds is 6. The third-order valence-electron chi connectivity index (χ3n) is 4.84. The molecular formula is C25H34N2O. The quantitative estimate of drug-likeness (QED) is 0.444. The number of benzene rings is 2. The molecule has 0 fully saturated rings. The number of para-hydroxylation sites is 1. The summed E-state index contributed by atoms with van der Waals surface area (Å²) in [6, 6.07) is 12.6. The van der Waals surface area contributed by atoms with E-state index in [1.54, 1.807) is 0 Å². The second-order valence-electron chi connectivity index (χ2n) is 7.79. The molecule has 3 N–H and O–H groups in total. The van der Waals surface area contributed by atoms with E-state index in [9.17, 15) is 5.11 Å². The molecule has 3 nitrogen and oxygen atoms in total. The molecule has 0 atom stereocenters. The van der Waals surface area contributed by atoms with Gasteiger partial charge in [0.1, 0.15) is 0 Å². The lowest BCUT2D eigenvalue weighted by atomic mass is 9.95. The van der Waals surface area contributed by atoms with E-state index < -0.39 is 5.60 Å². The number of allylic oxidation sites excluding steroid dienone is 1. The standard InChI is InChI=1S/C21H26N2O.C4H8/c1-14-8-9-19(15(2)12-14)22-11-10-16-13-23-20-17(16)6-5-7-18(20)21(3,4)24;1-3-4-2/h5-9,12-13,22-24H,10-11H2,1-4H3;3H,1,4H2,2H3. The second kappa shape index (κ2) is 9.61. The van der Waals surface area contributed by atoms with Crippen molar-refractivity contribution in [2.75, 3.05) is 11.9 Å². The second-order valence-corrected chi connectivity index (χ2v) is 7.79. The molecule has 28 heavy (non-hydrogen) atoms. The average Bonchev–Trinajstić information content (AvgIpc) is 3.06. The summed E-state index contributed by atoms with van der Waals surface area (Å²) in [5.41, 5.74) is 6.15. The van der Waals surface area contributed by atoms with Gasteiger partial charge in [-0.25, -0.2) is 0 Å². The molecule has 3 aromatic rings. The van der Waals surface area contributed by atoms with Crippen LogP contribution in [-0.2, 0) is 12.0 Å². The number of H-pyrrole nitrogens is 1. The highest BCUT2D eigenvalue weighted by Crippen LogP contribution is 2.29. The van der Waals surface area contributed by atoms with Gasteiger partial charge in [0.15, 0.2) is 0 Å². The Morgan fingerprint density at radius 1 is 1.18 bits per heavy atom. The third kappa shape index (κ3) is 5.49. The molecule has 0 radical (unpaired) electrons. The fourth-order valence-electron chi connectivity index (χ4n) is 3.27. The van der Waals surface area contributed by atoms with Crippen molar-refractivity contribution in [1.29, 1.82) is 0 Å². The number of fused-ring (bicyclic) bond motifs is 1. The number of hydrogen-bond donors (Lipinski definition) is 3. The molecule has 0 aliphatic rings. The minimum Gasteiger partial charge on any atom is -0.386 e. The van der Waals surface area contributed by atoms with Gasteiger partial charge in [-0.2, -0.15) is 0 Å². The zero-order chi connectivity index (χ0) is 20.7. The van der Waals surface area contributed by atoms with E-state index in [1.165, 1.54) is 27.8 Å². The SMILES string of the molecule is C=CCC.Cc1ccc(NCCc2c[nH]c3c(C(C)(C)O)cccc23)c(C)c1. The van der Waals surface area contributed by atoms with Crippen molar-refractivity contribution in [2.45, 2.75) is 53.1 Å². The summed E-state index contributed by atoms with van der Waals surface area (Å²) in [6.07, 6.45) is 5.95. The van der Waals surface area contributed by atoms with Gasteiger partial charge in [-0.1, -0.05) is 48.9 Å². The van der Waals surface area contributed by atoms with E-state index in [-0.39, 0.29) is 0 Å². The summed E-state index contributed by atoms with van der Waals surface area (Å²) in [7, 11) is 0. The molecule has 0 unspecified atom stereocenters. The molecule has 3 heteroatoms. The minimum absolute atomic E-state index is 0.848. The van der Waals surface area contributed by atoms with Crippen LogP contribution >= 0.6 is 0 Å². The Kier molecular flexibility index (Phi) is 7.47. The Morgan fingerprint density at radius 3 is 2.50 bits per heavy atom. The molecule has 0 amide bonds. The van der Waals surface area contributed by atoms with E-state index in [0.717, 1.165) is 30.5 Å². The lowest BCUT2D eigenvalue weighted by molar-refractivity contribution is 0.0800. The Hall–Kier alpha value is -2.52. The van der Waals surface area contributed by atoms with Crippen molar-refractivity contribution < 1.29 is 5.11 Å². The summed E-state index contributed by atoms with van der Waals surface area (Å²) in [5, 5.41) is 15.1. The normalized spacial score (nSPS) is 11.1. The van der Waals surface area contributed by atoms with Crippen LogP contribution in [0.4, 0.5) is 5.69 Å². The smallest absolute Gasteiger partial charge is 0.0860 e. The summed E-state index contributed by atoms with van der Waals surface area (Å²) in [5.74, 6) is 0. The first-order valence-electron chi connectivity index (χ1n) is 10.0. The van der Waals surface area contributed by atoms with Gasteiger partial charge in [0, 0.05) is 29.4 Å². The van der Waals surface area contributed by atoms with Gasteiger partial charge in [0.05, 0.1) is 11.1 Å². The van der Waals surface area contributed by atoms with Gasteiger partial charge in [-0.3, -0.25) is 0 Å². The number of nitrogens with one attached hydrogen (secondary N) is 2. The van der Waals surface area contributed by atoms with E-state index in [4.69, 9.17) is 0 Å². The van der Waals surface area contributed by atoms with Crippen LogP contribution in [0.5, 0.6) is 0 Å². The van der Waals surface area contributed by atoms with Crippen LogP contribution in [0.25, 0.3) is 10.9 Å². The van der Waals surface area contributed by atoms with Crippen molar-refractivity contribution in [2.24, 2.45) is 0 Å². The molecule has 1 aromatic heterocycles. The van der Waals surface area contributed by atoms with Crippen molar-refractivity contribution >= 4 is 16.6 Å². The fraction of sp³-hybridized carbons (Fsp3) is 0.360. The van der Waals surface area contributed by atoms with Crippen LogP contribution in [0, 0.1) is 13.8 Å². The molecule has 0 aliphatic carbocycles. The average molecular weight is 379 g/mol. The first-order chi connectivity index (χ1) is 13.3. The number of aliphatic hydroxyl groups is 1. The predicted octanol–water partition coefficient (Wildman–Crippen LogP) is 6.25. The van der Waals surface area contributed by atoms with Gasteiger partial charge in [0.25, 0.3) is 0 Å². The Bertz CT molecular complexity index is 916. The van der Waals surface area contributed by atoms with Gasteiger partial charge in [-0.15, -0.1) is 6.58 Å². The highest BCUT2D eigenvalue weighted by atomic mass is 16.3. The first kappa shape index (κ1) is 21.8. The minimum atomic E-state index is -0.848. The summed E-state index contributed by atoms with van der Waals surface area (Å²) in [4.78, 5) is 3.34. The molecule has 0 saturated carbocycles. The predicted molar refractivity (Wildman–Crippen MR) is 122 cm³/mol. The van der Waals surface area contributed by atoms with Crippen LogP contribution < -0.4 is 5.32 Å². The number of aryl methyl sites for hydroxylation is 2. The van der Waals surface area contributed by atoms with Crippen LogP contribution in [0.3, 0.4) is 0 Å². The fourth-order valence-corrected chi connectivity index (χ4v) is 3.27. The Balaban J connectivity index is 0.000000640. The molecule has 0 bridgehead atoms. The van der Waals surface area contributed by atoms with Gasteiger partial charge >= 0.3 is 0 Å². The lowest BCUT2D eigenvalue weighted by Gasteiger charge is -2.18. The Morgan fingerprint density at radius 2 is 1.89 bits per heavy atom. The Labute approximate surface area is 169 Å². The van der Waals surface area contributed by atoms with E-state index in [1.807, 2.05) is 32.1 Å². The van der Waals surface area contributed by atoms with Crippen molar-refractivity contribution in [1.82, 2.24) is 4.98 Å². The topological polar surface area (TPSA) is 48.0 Å². The summed E-state index contributed by atoms with van der Waals surface area (Å²) < 4.78 is 0. The monoisotopic (exact) mass is 378 g/mol. The first-order valence-corrected chi connectivity index (χ1v) is 10.0. The van der Waals surface area contributed by atoms with Gasteiger partial charge < -0.3 is 15.4 Å². The molecule has 3 rings (SSSR count). The number of aromatic nitrogens is 1. The molecule has 1 heterocycles. The summed E-state index contributed by atoms with van der Waals surface area (Å²) in [6.45, 7) is 14.3. The van der Waals surface area contributed by atoms with Gasteiger partial charge in [-0.05, 0) is 57.7 Å². The van der Waals surface area contributed by atoms with Crippen LogP contribution in [0.15, 0.2) is 55.3 Å². The maximum atomic E-state index is 10.3. The lowest BCUT2D eigenvalue weighted by Crippen LogP contribution is -2.15. The number of hydrogen-bond acceptors (Lipinski definition) is 2. The molecular weight excluding hydrogens is 344 g/mol. The number of anilines is 1. The zero-order valence-corrected chi connectivity index (χ0v) is 17.9. The third-order valence-corrected chi connectivity index (χ3v) is 4.84.